The fourth-order valence-corrected chi connectivity index (χ4v) is 2.75. The molecule has 104 valence electrons. The summed E-state index contributed by atoms with van der Waals surface area (Å²) >= 11 is 6.20. The molecule has 2 rings (SSSR count). The molecule has 0 spiro atoms. The highest BCUT2D eigenvalue weighted by Crippen LogP contribution is 2.31. The lowest BCUT2D eigenvalue weighted by atomic mass is 9.98. The van der Waals surface area contributed by atoms with Crippen LogP contribution in [0.1, 0.15) is 40.0 Å². The van der Waals surface area contributed by atoms with Gasteiger partial charge >= 0.3 is 0 Å². The number of aryl methyl sites for hydroxylation is 4. The summed E-state index contributed by atoms with van der Waals surface area (Å²) in [5.41, 5.74) is 3.59. The Balaban J connectivity index is 2.33. The molecule has 0 aliphatic heterocycles. The first-order chi connectivity index (χ1) is 8.82. The van der Waals surface area contributed by atoms with Crippen molar-refractivity contribution < 1.29 is 9.52 Å². The topological polar surface area (TPSA) is 51.2 Å². The zero-order valence-electron chi connectivity index (χ0n) is 11.9. The molecule has 4 nitrogen and oxygen atoms in total. The summed E-state index contributed by atoms with van der Waals surface area (Å²) in [5.74, 6) is 1.61. The van der Waals surface area contributed by atoms with E-state index in [1.165, 1.54) is 0 Å². The fraction of sp³-hybridized carbons (Fsp3) is 0.500. The molecule has 0 saturated carbocycles. The number of aliphatic hydroxyl groups is 1. The molecule has 0 bridgehead atoms. The number of rotatable bonds is 3. The van der Waals surface area contributed by atoms with E-state index in [1.54, 1.807) is 11.7 Å². The van der Waals surface area contributed by atoms with E-state index < -0.39 is 6.10 Å². The minimum atomic E-state index is -0.627. The van der Waals surface area contributed by atoms with Crippen molar-refractivity contribution in [3.8, 4) is 0 Å². The molecule has 2 aromatic rings. The number of hydrogen-bond donors (Lipinski definition) is 1. The molecule has 0 aliphatic rings. The molecule has 0 fully saturated rings. The lowest BCUT2D eigenvalue weighted by Crippen LogP contribution is -2.05. The summed E-state index contributed by atoms with van der Waals surface area (Å²) in [6, 6.07) is 0. The van der Waals surface area contributed by atoms with Crippen molar-refractivity contribution in [1.82, 2.24) is 9.78 Å². The molecular weight excluding hydrogens is 264 g/mol. The van der Waals surface area contributed by atoms with Crippen LogP contribution in [0.25, 0.3) is 0 Å². The van der Waals surface area contributed by atoms with Gasteiger partial charge in [0.15, 0.2) is 0 Å². The van der Waals surface area contributed by atoms with Gasteiger partial charge in [0, 0.05) is 24.6 Å². The molecule has 1 atom stereocenters. The molecule has 1 unspecified atom stereocenters. The van der Waals surface area contributed by atoms with Gasteiger partial charge in [0.1, 0.15) is 16.7 Å². The zero-order chi connectivity index (χ0) is 14.3. The predicted octanol–water partition coefficient (Wildman–Crippen LogP) is 3.18. The van der Waals surface area contributed by atoms with Crippen LogP contribution in [0.15, 0.2) is 4.42 Å². The van der Waals surface area contributed by atoms with Gasteiger partial charge in [-0.2, -0.15) is 5.10 Å². The number of nitrogens with zero attached hydrogens (tertiary/aromatic N) is 2. The Morgan fingerprint density at radius 1 is 1.26 bits per heavy atom. The monoisotopic (exact) mass is 282 g/mol. The van der Waals surface area contributed by atoms with Crippen molar-refractivity contribution in [3.63, 3.8) is 0 Å². The number of furan rings is 1. The Bertz CT molecular complexity index is 613. The van der Waals surface area contributed by atoms with Crippen LogP contribution in [0.5, 0.6) is 0 Å². The SMILES string of the molecule is Cc1nn(C)c(Cl)c1CC(O)c1c(C)oc(C)c1C. The van der Waals surface area contributed by atoms with Gasteiger partial charge < -0.3 is 9.52 Å². The van der Waals surface area contributed by atoms with Crippen molar-refractivity contribution in [3.05, 3.63) is 39.1 Å². The first-order valence-corrected chi connectivity index (χ1v) is 6.63. The summed E-state index contributed by atoms with van der Waals surface area (Å²) in [7, 11) is 1.80. The highest BCUT2D eigenvalue weighted by molar-refractivity contribution is 6.30. The van der Waals surface area contributed by atoms with Gasteiger partial charge in [-0.1, -0.05) is 11.6 Å². The number of aromatic nitrogens is 2. The fourth-order valence-electron chi connectivity index (χ4n) is 2.50. The van der Waals surface area contributed by atoms with Gasteiger partial charge in [0.05, 0.1) is 11.8 Å². The molecule has 19 heavy (non-hydrogen) atoms. The van der Waals surface area contributed by atoms with Gasteiger partial charge in [-0.25, -0.2) is 0 Å². The molecule has 0 radical (unpaired) electrons. The van der Waals surface area contributed by atoms with Crippen molar-refractivity contribution >= 4 is 11.6 Å². The van der Waals surface area contributed by atoms with Crippen molar-refractivity contribution in [2.75, 3.05) is 0 Å². The quantitative estimate of drug-likeness (QED) is 0.941. The first kappa shape index (κ1) is 14.2. The van der Waals surface area contributed by atoms with Crippen molar-refractivity contribution in [2.24, 2.45) is 7.05 Å². The van der Waals surface area contributed by atoms with E-state index in [0.717, 1.165) is 33.9 Å². The lowest BCUT2D eigenvalue weighted by molar-refractivity contribution is 0.175. The van der Waals surface area contributed by atoms with E-state index in [4.69, 9.17) is 16.0 Å². The van der Waals surface area contributed by atoms with E-state index in [9.17, 15) is 5.11 Å². The van der Waals surface area contributed by atoms with Crippen LogP contribution in [0, 0.1) is 27.7 Å². The third-order valence-electron chi connectivity index (χ3n) is 3.62. The maximum absolute atomic E-state index is 10.5. The molecule has 2 heterocycles. The molecular formula is C14H19ClN2O2. The third kappa shape index (κ3) is 2.42. The standard InChI is InChI=1S/C14H19ClN2O2/c1-7-9(3)19-10(4)13(7)12(18)6-11-8(2)16-17(5)14(11)15/h12,18H,6H2,1-5H3. The normalized spacial score (nSPS) is 13.0. The van der Waals surface area contributed by atoms with Crippen molar-refractivity contribution in [2.45, 2.75) is 40.2 Å². The van der Waals surface area contributed by atoms with Gasteiger partial charge in [-0.3, -0.25) is 4.68 Å². The Kier molecular flexibility index (Phi) is 3.74. The Morgan fingerprint density at radius 2 is 1.89 bits per heavy atom. The van der Waals surface area contributed by atoms with Crippen LogP contribution in [-0.2, 0) is 13.5 Å². The molecule has 0 aliphatic carbocycles. The maximum atomic E-state index is 10.5. The van der Waals surface area contributed by atoms with Gasteiger partial charge in [-0.05, 0) is 33.3 Å². The second kappa shape index (κ2) is 5.02. The second-order valence-electron chi connectivity index (χ2n) is 4.95. The molecule has 0 saturated heterocycles. The van der Waals surface area contributed by atoms with Gasteiger partial charge in [0.25, 0.3) is 0 Å². The van der Waals surface area contributed by atoms with Crippen LogP contribution in [-0.4, -0.2) is 14.9 Å². The lowest BCUT2D eigenvalue weighted by Gasteiger charge is -2.11. The second-order valence-corrected chi connectivity index (χ2v) is 5.31. The molecule has 0 aromatic carbocycles. The van der Waals surface area contributed by atoms with E-state index in [2.05, 4.69) is 5.10 Å². The molecule has 0 amide bonds. The van der Waals surface area contributed by atoms with Crippen LogP contribution >= 0.6 is 11.6 Å². The maximum Gasteiger partial charge on any atom is 0.130 e. The minimum Gasteiger partial charge on any atom is -0.466 e. The Morgan fingerprint density at radius 3 is 2.32 bits per heavy atom. The number of hydrogen-bond acceptors (Lipinski definition) is 3. The summed E-state index contributed by atoms with van der Waals surface area (Å²) in [6.45, 7) is 7.63. The van der Waals surface area contributed by atoms with Gasteiger partial charge in [-0.15, -0.1) is 0 Å². The van der Waals surface area contributed by atoms with E-state index in [0.29, 0.717) is 11.6 Å². The molecule has 5 heteroatoms. The number of aliphatic hydroxyl groups excluding tert-OH is 1. The smallest absolute Gasteiger partial charge is 0.130 e. The van der Waals surface area contributed by atoms with E-state index >= 15 is 0 Å². The highest BCUT2D eigenvalue weighted by Gasteiger charge is 2.22. The average molecular weight is 283 g/mol. The van der Waals surface area contributed by atoms with Crippen LogP contribution in [0.4, 0.5) is 0 Å². The predicted molar refractivity (Wildman–Crippen MR) is 74.5 cm³/mol. The highest BCUT2D eigenvalue weighted by atomic mass is 35.5. The van der Waals surface area contributed by atoms with Crippen LogP contribution in [0.2, 0.25) is 5.15 Å². The van der Waals surface area contributed by atoms with Crippen molar-refractivity contribution in [1.29, 1.82) is 0 Å². The summed E-state index contributed by atoms with van der Waals surface area (Å²) in [6.07, 6.45) is -0.183. The van der Waals surface area contributed by atoms with Gasteiger partial charge in [0.2, 0.25) is 0 Å². The van der Waals surface area contributed by atoms with E-state index in [-0.39, 0.29) is 0 Å². The first-order valence-electron chi connectivity index (χ1n) is 6.25. The summed E-state index contributed by atoms with van der Waals surface area (Å²) < 4.78 is 7.18. The zero-order valence-corrected chi connectivity index (χ0v) is 12.7. The van der Waals surface area contributed by atoms with Crippen LogP contribution < -0.4 is 0 Å². The van der Waals surface area contributed by atoms with Crippen LogP contribution in [0.3, 0.4) is 0 Å². The number of halogens is 1. The molecule has 1 N–H and O–H groups in total. The largest absolute Gasteiger partial charge is 0.466 e. The third-order valence-corrected chi connectivity index (χ3v) is 4.09. The average Bonchev–Trinajstić information content (AvgIpc) is 2.70. The Hall–Kier alpha value is -1.26. The summed E-state index contributed by atoms with van der Waals surface area (Å²) in [4.78, 5) is 0. The minimum absolute atomic E-state index is 0.444. The molecule has 2 aromatic heterocycles. The summed E-state index contributed by atoms with van der Waals surface area (Å²) in [5, 5.41) is 15.3. The Labute approximate surface area is 118 Å². The van der Waals surface area contributed by atoms with E-state index in [1.807, 2.05) is 27.7 Å².